The van der Waals surface area contributed by atoms with Gasteiger partial charge < -0.3 is 99.4 Å². The third-order valence-corrected chi connectivity index (χ3v) is 28.2. The molecule has 6 aromatic carbocycles. The number of H-pyrrole nitrogens is 6. The predicted octanol–water partition coefficient (Wildman–Crippen LogP) is 14.6. The summed E-state index contributed by atoms with van der Waals surface area (Å²) in [6, 6.07) is 70.5. The second-order valence-corrected chi connectivity index (χ2v) is 40.2. The first-order valence-corrected chi connectivity index (χ1v) is 50.5. The van der Waals surface area contributed by atoms with Crippen molar-refractivity contribution < 1.29 is 19.1 Å². The van der Waals surface area contributed by atoms with Gasteiger partial charge in [0, 0.05) is 188 Å². The van der Waals surface area contributed by atoms with Crippen LogP contribution in [0.2, 0.25) is 0 Å². The lowest BCUT2D eigenvalue weighted by atomic mass is 10.1. The van der Waals surface area contributed by atoms with Crippen molar-refractivity contribution in [3.63, 3.8) is 0 Å². The fraction of sp³-hybridized carbons (Fsp3) is 0.339. The number of fused-ring (bicyclic) bond motifs is 22. The Morgan fingerprint density at radius 1 is 0.363 bits per heavy atom. The van der Waals surface area contributed by atoms with E-state index in [1.54, 1.807) is 4.90 Å². The van der Waals surface area contributed by atoms with Gasteiger partial charge in [-0.25, -0.2) is 39.5 Å². The molecule has 0 spiro atoms. The Labute approximate surface area is 840 Å². The Balaban J connectivity index is 0.000000107. The number of piperazine rings is 5. The van der Waals surface area contributed by atoms with E-state index in [0.717, 1.165) is 244 Å². The number of rotatable bonds is 12. The molecule has 25 rings (SSSR count). The summed E-state index contributed by atoms with van der Waals surface area (Å²) in [4.78, 5) is 164. The molecule has 19 heterocycles. The lowest BCUT2D eigenvalue weighted by molar-refractivity contribution is 0.0210. The van der Waals surface area contributed by atoms with Gasteiger partial charge in [-0.05, 0) is 197 Å². The number of anilines is 6. The van der Waals surface area contributed by atoms with Crippen molar-refractivity contribution in [2.24, 2.45) is 0 Å². The van der Waals surface area contributed by atoms with E-state index in [2.05, 4.69) is 101 Å². The quantitative estimate of drug-likeness (QED) is 0.0405. The number of likely N-dealkylation sites (N-methyl/N-ethyl adjacent to an activating group) is 1. The van der Waals surface area contributed by atoms with Crippen LogP contribution in [0.4, 0.5) is 44.5 Å². The molecular weight excluding hydrogens is 1840 g/mol. The van der Waals surface area contributed by atoms with Gasteiger partial charge >= 0.3 is 12.2 Å². The number of carbonyl (C=O) groups is 2. The molecule has 146 heavy (non-hydrogen) atoms. The zero-order valence-corrected chi connectivity index (χ0v) is 83.6. The normalized spacial score (nSPS) is 17.4. The number of pyridine rings is 12. The number of aromatic nitrogens is 12. The number of amides is 2. The monoisotopic (exact) mass is 1960 g/mol. The van der Waals surface area contributed by atoms with E-state index in [1.807, 2.05) is 265 Å². The molecule has 0 radical (unpaired) electrons. The minimum Gasteiger partial charge on any atom is -0.444 e. The second kappa shape index (κ2) is 41.9. The van der Waals surface area contributed by atoms with E-state index in [0.29, 0.717) is 77.1 Å². The van der Waals surface area contributed by atoms with Crippen molar-refractivity contribution in [3.8, 4) is 0 Å². The number of nitrogens with one attached hydrogen (secondary N) is 9. The minimum atomic E-state index is -0.494. The molecule has 0 saturated carbocycles. The average molecular weight is 1960 g/mol. The number of hydrogen-bond acceptors (Lipinski definition) is 26. The lowest BCUT2D eigenvalue weighted by Crippen LogP contribution is -2.50. The number of nitrogens with zero attached hydrogens (tertiary/aromatic N) is 15. The highest BCUT2D eigenvalue weighted by molar-refractivity contribution is 6.08. The molecule has 7 aliphatic heterocycles. The van der Waals surface area contributed by atoms with Crippen molar-refractivity contribution in [2.45, 2.75) is 110 Å². The first-order chi connectivity index (χ1) is 70.7. The summed E-state index contributed by atoms with van der Waals surface area (Å²) < 4.78 is 11.0. The summed E-state index contributed by atoms with van der Waals surface area (Å²) >= 11 is 0. The van der Waals surface area contributed by atoms with Gasteiger partial charge in [0.15, 0.2) is 0 Å². The molecule has 18 aromatic rings. The number of likely N-dealkylation sites (tertiary alicyclic amines) is 1. The molecule has 34 nitrogen and oxygen atoms in total. The summed E-state index contributed by atoms with van der Waals surface area (Å²) in [6.45, 7) is 33.7. The fourth-order valence-corrected chi connectivity index (χ4v) is 20.7. The second-order valence-electron chi connectivity index (χ2n) is 40.2. The Morgan fingerprint density at radius 2 is 0.692 bits per heavy atom. The first kappa shape index (κ1) is 97.7. The zero-order chi connectivity index (χ0) is 101. The minimum absolute atomic E-state index is 0.0536. The summed E-state index contributed by atoms with van der Waals surface area (Å²) in [7, 11) is 2.14. The third kappa shape index (κ3) is 21.0. The highest BCUT2D eigenvalue weighted by Crippen LogP contribution is 2.38. The van der Waals surface area contributed by atoms with Crippen LogP contribution in [0.5, 0.6) is 0 Å². The Morgan fingerprint density at radius 3 is 1.03 bits per heavy atom. The lowest BCUT2D eigenvalue weighted by Gasteiger charge is -2.36. The third-order valence-electron chi connectivity index (χ3n) is 28.2. The number of carbonyl (C=O) groups excluding carboxylic acids is 2. The smallest absolute Gasteiger partial charge is 0.410 e. The molecule has 34 heteroatoms. The van der Waals surface area contributed by atoms with Crippen LogP contribution in [0.3, 0.4) is 0 Å². The number of aromatic amines is 6. The molecule has 4 unspecified atom stereocenters. The van der Waals surface area contributed by atoms with Crippen LogP contribution < -0.4 is 73.8 Å². The predicted molar refractivity (Wildman–Crippen MR) is 585 cm³/mol. The standard InChI is InChI=1S/C22H24N4O3.C21H24N4O3.C19H24N4O.C17H16N4O.C17H18N4O.C16H16N4O/c1-22(2,3)29-21(28)26-12-13-10-14(26)11-25(13)18-9-8-17-19(24-18)15-6-4-5-7-16(15)20(27)23-17;1-21(2,3)28-20(27)25-12-10-24(11-13-25)17-9-8-16-18(23-17)14-6-4-5-7-15(14)19(26)22-16;1-3-23(4-2)13-7-12-20-17-11-10-16-18(22-17)14-8-5-6-9-15(14)19(24)21-16;22-17-13-4-2-1-3-12(13)16-14(19-17)5-6-15(20-16)21-9-10-7-11(21)8-18-10;1-20-8-10-21(11-9-20)15-7-6-14-16(19-15)12-4-2-3-5-13(12)17(22)18-14;21-16-12-4-2-1-3-11(12)15-13(18-16)5-6-14(19-15)20-9-7-17-8-10-20/h4-9,13-14H,10-12H2,1-3H3,(H,23,27);4-9H,10-13H2,1-3H3,(H,22,26);5-6,8-11H,3-4,7,12-13H2,1-2H3,(H,20,22)(H,21,24);1-6,10-11,18H,7-9H2,(H,19,22);2-7H,8-11H2,1H3,(H,18,22);1-6,17H,7-10H2,(H,18,21). The van der Waals surface area contributed by atoms with Crippen LogP contribution in [0.1, 0.15) is 74.7 Å². The van der Waals surface area contributed by atoms with E-state index in [1.165, 1.54) is 6.42 Å². The van der Waals surface area contributed by atoms with Crippen molar-refractivity contribution in [1.29, 1.82) is 0 Å². The largest absolute Gasteiger partial charge is 0.444 e. The van der Waals surface area contributed by atoms with Crippen LogP contribution >= 0.6 is 0 Å². The van der Waals surface area contributed by atoms with Gasteiger partial charge in [0.05, 0.1) is 78.3 Å². The van der Waals surface area contributed by atoms with Gasteiger partial charge in [-0.1, -0.05) is 123 Å². The van der Waals surface area contributed by atoms with E-state index < -0.39 is 11.2 Å². The zero-order valence-electron chi connectivity index (χ0n) is 83.6. The number of hydrogen-bond donors (Lipinski definition) is 9. The van der Waals surface area contributed by atoms with Crippen molar-refractivity contribution in [2.75, 3.05) is 168 Å². The molecule has 4 atom stereocenters. The molecule has 2 amide bonds. The molecule has 12 aromatic heterocycles. The maximum Gasteiger partial charge on any atom is 0.410 e. The van der Waals surface area contributed by atoms with E-state index in [4.69, 9.17) is 39.4 Å². The van der Waals surface area contributed by atoms with Gasteiger partial charge in [-0.2, -0.15) is 0 Å². The topological polar surface area (TPSA) is 392 Å². The molecule has 0 aliphatic carbocycles. The molecule has 7 fully saturated rings. The molecule has 9 N–H and O–H groups in total. The van der Waals surface area contributed by atoms with Crippen LogP contribution in [0.25, 0.3) is 131 Å². The highest BCUT2D eigenvalue weighted by atomic mass is 16.6. The van der Waals surface area contributed by atoms with Crippen LogP contribution in [-0.4, -0.2) is 265 Å². The van der Waals surface area contributed by atoms with E-state index >= 15 is 0 Å². The van der Waals surface area contributed by atoms with Crippen molar-refractivity contribution in [3.05, 3.63) is 281 Å². The van der Waals surface area contributed by atoms with E-state index in [-0.39, 0.29) is 57.6 Å². The van der Waals surface area contributed by atoms with Gasteiger partial charge in [-0.3, -0.25) is 28.8 Å². The Bertz CT molecular complexity index is 8360. The Kier molecular flexibility index (Phi) is 28.0. The van der Waals surface area contributed by atoms with Gasteiger partial charge in [0.2, 0.25) is 0 Å². The summed E-state index contributed by atoms with van der Waals surface area (Å²) in [5.74, 6) is 5.54. The van der Waals surface area contributed by atoms with Crippen LogP contribution in [0.15, 0.2) is 247 Å². The van der Waals surface area contributed by atoms with Gasteiger partial charge in [0.1, 0.15) is 46.1 Å². The molecular formula is C112H122N24O10. The number of benzene rings is 6. The molecule has 750 valence electrons. The molecule has 4 bridgehead atoms. The fourth-order valence-electron chi connectivity index (χ4n) is 20.7. The summed E-state index contributed by atoms with van der Waals surface area (Å²) in [6.07, 6.45) is 2.69. The van der Waals surface area contributed by atoms with Crippen molar-refractivity contribution in [1.82, 2.24) is 90.0 Å². The van der Waals surface area contributed by atoms with Crippen LogP contribution in [-0.2, 0) is 9.47 Å². The van der Waals surface area contributed by atoms with Crippen molar-refractivity contribution >= 4 is 178 Å². The highest BCUT2D eigenvalue weighted by Gasteiger charge is 2.47. The molecule has 7 aliphatic rings. The first-order valence-electron chi connectivity index (χ1n) is 50.5. The SMILES string of the molecule is CC(C)(C)OC(=O)N1CC2CC1CN2c1ccc2[nH]c(=O)c3ccccc3c2n1.CC(C)(C)OC(=O)N1CCN(c2ccc3[nH]c(=O)c4ccccc4c3n2)CC1.CCN(CC)CCCNc1ccc2[nH]c(=O)c3ccccc3c2n1.CN1CCN(c2ccc3[nH]c(=O)c4ccccc4c3n2)CC1.O=c1[nH]c2ccc(N3CC4CC3CN4)nc2c2ccccc12.O=c1[nH]c2ccc(N3CCNCC3)nc2c2ccccc12. The van der Waals surface area contributed by atoms with E-state index in [9.17, 15) is 38.4 Å². The summed E-state index contributed by atoms with van der Waals surface area (Å²) in [5.41, 5.74) is 8.19. The van der Waals surface area contributed by atoms with Gasteiger partial charge in [-0.15, -0.1) is 0 Å². The Hall–Kier alpha value is -15.8. The maximum atomic E-state index is 12.5. The summed E-state index contributed by atoms with van der Waals surface area (Å²) in [5, 5.41) is 19.6. The molecule has 7 saturated heterocycles. The van der Waals surface area contributed by atoms with Gasteiger partial charge in [0.25, 0.3) is 33.4 Å². The number of ether oxygens (including phenoxy) is 2. The maximum absolute atomic E-state index is 12.5. The average Bonchev–Trinajstić information content (AvgIpc) is 1.56. The van der Waals surface area contributed by atoms with Crippen LogP contribution in [0, 0.1) is 0 Å².